The third-order valence-electron chi connectivity index (χ3n) is 11.9. The monoisotopic (exact) mass is 1040 g/mol. The van der Waals surface area contributed by atoms with Crippen LogP contribution in [0.5, 0.6) is 0 Å². The van der Waals surface area contributed by atoms with Gasteiger partial charge in [0, 0.05) is 68.6 Å². The fourth-order valence-corrected chi connectivity index (χ4v) is 12.5. The standard InChI is InChI=1S/3C18H22N2S.C4H6O6/c3*1-14(12-19(2)3)13-20-15-8-4-6-10-17(15)21-18-11-7-5-9-16(18)20;5-1(3(7)8)2(6)4(9)10/h3*4-11,14H,12-13H2,1-3H3;1-2,5-6H,(H,7,8)(H,9,10). The van der Waals surface area contributed by atoms with E-state index in [0.29, 0.717) is 17.8 Å². The third-order valence-corrected chi connectivity index (χ3v) is 15.3. The normalized spacial score (nSPS) is 14.9. The lowest BCUT2D eigenvalue weighted by molar-refractivity contribution is -0.165. The van der Waals surface area contributed by atoms with E-state index in [0.717, 1.165) is 39.3 Å². The summed E-state index contributed by atoms with van der Waals surface area (Å²) in [5.74, 6) is -1.69. The van der Waals surface area contributed by atoms with Crippen LogP contribution in [0.3, 0.4) is 0 Å². The van der Waals surface area contributed by atoms with Crippen molar-refractivity contribution in [3.8, 4) is 0 Å². The van der Waals surface area contributed by atoms with E-state index in [1.165, 1.54) is 63.5 Å². The Morgan fingerprint density at radius 3 is 0.726 bits per heavy atom. The molecule has 0 aromatic heterocycles. The molecule has 0 amide bonds. The smallest absolute Gasteiger partial charge is 0.335 e. The lowest BCUT2D eigenvalue weighted by Crippen LogP contribution is -2.39. The van der Waals surface area contributed by atoms with E-state index < -0.39 is 24.1 Å². The average molecular weight is 1050 g/mol. The predicted molar refractivity (Wildman–Crippen MR) is 302 cm³/mol. The van der Waals surface area contributed by atoms with Gasteiger partial charge in [0.25, 0.3) is 0 Å². The summed E-state index contributed by atoms with van der Waals surface area (Å²) < 4.78 is 0. The number of aliphatic hydroxyl groups excluding tert-OH is 2. The summed E-state index contributed by atoms with van der Waals surface area (Å²) in [7, 11) is 12.9. The molecule has 3 aliphatic heterocycles. The van der Waals surface area contributed by atoms with E-state index in [9.17, 15) is 9.59 Å². The summed E-state index contributed by atoms with van der Waals surface area (Å²) in [5.41, 5.74) is 8.04. The molecular weight excluding hydrogens is 973 g/mol. The van der Waals surface area contributed by atoms with E-state index >= 15 is 0 Å². The molecule has 388 valence electrons. The molecule has 3 aliphatic rings. The second kappa shape index (κ2) is 27.2. The van der Waals surface area contributed by atoms with Crippen LogP contribution in [0.25, 0.3) is 0 Å². The molecule has 0 saturated carbocycles. The Bertz CT molecular complexity index is 2320. The maximum absolute atomic E-state index is 9.77. The van der Waals surface area contributed by atoms with Gasteiger partial charge in [0.15, 0.2) is 12.2 Å². The summed E-state index contributed by atoms with van der Waals surface area (Å²) in [6.45, 7) is 13.4. The maximum Gasteiger partial charge on any atom is 0.335 e. The second-order valence-electron chi connectivity index (χ2n) is 19.6. The molecule has 12 nitrogen and oxygen atoms in total. The molecule has 5 unspecified atom stereocenters. The van der Waals surface area contributed by atoms with Gasteiger partial charge >= 0.3 is 11.9 Å². The highest BCUT2D eigenvalue weighted by molar-refractivity contribution is 8.00. The van der Waals surface area contributed by atoms with Crippen molar-refractivity contribution in [1.82, 2.24) is 14.7 Å². The van der Waals surface area contributed by atoms with Gasteiger partial charge in [0.05, 0.1) is 34.1 Å². The summed E-state index contributed by atoms with van der Waals surface area (Å²) in [6.07, 6.45) is -4.53. The first-order valence-electron chi connectivity index (χ1n) is 24.6. The van der Waals surface area contributed by atoms with Gasteiger partial charge < -0.3 is 49.8 Å². The molecule has 4 N–H and O–H groups in total. The second-order valence-corrected chi connectivity index (χ2v) is 22.9. The number of benzene rings is 6. The zero-order valence-electron chi connectivity index (χ0n) is 43.5. The van der Waals surface area contributed by atoms with E-state index in [1.54, 1.807) is 0 Å². The van der Waals surface area contributed by atoms with Gasteiger partial charge in [-0.3, -0.25) is 0 Å². The van der Waals surface area contributed by atoms with Crippen molar-refractivity contribution >= 4 is 81.3 Å². The number of anilines is 6. The van der Waals surface area contributed by atoms with Gasteiger partial charge in [-0.25, -0.2) is 9.59 Å². The van der Waals surface area contributed by atoms with Crippen molar-refractivity contribution in [2.75, 3.05) is 96.3 Å². The highest BCUT2D eigenvalue weighted by Gasteiger charge is 2.30. The maximum atomic E-state index is 9.77. The Hall–Kier alpha value is -5.49. The molecule has 0 spiro atoms. The van der Waals surface area contributed by atoms with Crippen molar-refractivity contribution in [1.29, 1.82) is 0 Å². The Labute approximate surface area is 445 Å². The van der Waals surface area contributed by atoms with Gasteiger partial charge in [0.2, 0.25) is 0 Å². The van der Waals surface area contributed by atoms with E-state index in [-0.39, 0.29) is 0 Å². The first-order chi connectivity index (χ1) is 34.9. The van der Waals surface area contributed by atoms with Crippen molar-refractivity contribution < 1.29 is 30.0 Å². The lowest BCUT2D eigenvalue weighted by Gasteiger charge is -2.35. The fourth-order valence-electron chi connectivity index (χ4n) is 9.18. The molecule has 3 heterocycles. The van der Waals surface area contributed by atoms with Crippen LogP contribution in [-0.4, -0.2) is 141 Å². The number of nitrogens with zero attached hydrogens (tertiary/aromatic N) is 6. The Morgan fingerprint density at radius 2 is 0.562 bits per heavy atom. The Balaban J connectivity index is 0.000000164. The van der Waals surface area contributed by atoms with E-state index in [4.69, 9.17) is 20.4 Å². The minimum atomic E-state index is -2.27. The van der Waals surface area contributed by atoms with Crippen molar-refractivity contribution in [3.05, 3.63) is 146 Å². The number of carboxylic acids is 2. The van der Waals surface area contributed by atoms with Gasteiger partial charge in [-0.1, -0.05) is 129 Å². The number of para-hydroxylation sites is 6. The van der Waals surface area contributed by atoms with Crippen LogP contribution >= 0.6 is 35.3 Å². The molecule has 6 aromatic rings. The van der Waals surface area contributed by atoms with Crippen molar-refractivity contribution in [2.45, 2.75) is 62.4 Å². The SMILES string of the molecule is CC(CN(C)C)CN1c2ccccc2Sc2ccccc21.CC(CN(C)C)CN1c2ccccc2Sc2ccccc21.CC(CN(C)C)CN1c2ccccc2Sc2ccccc21.O=C(O)C(O)C(O)C(=O)O. The summed E-state index contributed by atoms with van der Waals surface area (Å²) in [5, 5.41) is 32.5. The summed E-state index contributed by atoms with van der Waals surface area (Å²) >= 11 is 5.63. The highest BCUT2D eigenvalue weighted by atomic mass is 32.2. The number of carbonyl (C=O) groups is 2. The molecule has 73 heavy (non-hydrogen) atoms. The molecule has 5 atom stereocenters. The Morgan fingerprint density at radius 1 is 0.384 bits per heavy atom. The minimum absolute atomic E-state index is 0.615. The number of hydrogen-bond donors (Lipinski definition) is 4. The molecule has 0 bridgehead atoms. The number of carboxylic acid groups (broad SMARTS) is 2. The van der Waals surface area contributed by atoms with E-state index in [2.05, 4.69) is 238 Å². The number of rotatable bonds is 15. The van der Waals surface area contributed by atoms with Gasteiger partial charge in [-0.05, 0) is 133 Å². The summed E-state index contributed by atoms with van der Waals surface area (Å²) in [4.78, 5) is 41.9. The van der Waals surface area contributed by atoms with Crippen LogP contribution < -0.4 is 14.7 Å². The average Bonchev–Trinajstić information content (AvgIpc) is 3.35. The lowest BCUT2D eigenvalue weighted by atomic mass is 10.1. The molecule has 9 rings (SSSR count). The quantitative estimate of drug-likeness (QED) is 0.0777. The molecule has 0 fully saturated rings. The number of fused-ring (bicyclic) bond motifs is 6. The zero-order valence-corrected chi connectivity index (χ0v) is 45.9. The first kappa shape index (κ1) is 56.8. The molecule has 0 aliphatic carbocycles. The largest absolute Gasteiger partial charge is 0.479 e. The molecule has 0 saturated heterocycles. The third kappa shape index (κ3) is 15.8. The topological polar surface area (TPSA) is 134 Å². The number of aliphatic carboxylic acids is 2. The van der Waals surface area contributed by atoms with Gasteiger partial charge in [-0.15, -0.1) is 0 Å². The van der Waals surface area contributed by atoms with Gasteiger partial charge in [0.1, 0.15) is 0 Å². The first-order valence-corrected chi connectivity index (χ1v) is 27.0. The van der Waals surface area contributed by atoms with Crippen LogP contribution in [0, 0.1) is 17.8 Å². The highest BCUT2D eigenvalue weighted by Crippen LogP contribution is 2.50. The zero-order chi connectivity index (χ0) is 52.8. The van der Waals surface area contributed by atoms with E-state index in [1.807, 2.05) is 35.3 Å². The van der Waals surface area contributed by atoms with Crippen LogP contribution in [0.4, 0.5) is 34.1 Å². The minimum Gasteiger partial charge on any atom is -0.479 e. The molecular formula is C58H72N6O6S3. The molecule has 0 radical (unpaired) electrons. The van der Waals surface area contributed by atoms with Crippen LogP contribution in [-0.2, 0) is 9.59 Å². The van der Waals surface area contributed by atoms with Crippen molar-refractivity contribution in [2.24, 2.45) is 17.8 Å². The number of hydrogen-bond acceptors (Lipinski definition) is 13. The van der Waals surface area contributed by atoms with Crippen molar-refractivity contribution in [3.63, 3.8) is 0 Å². The predicted octanol–water partition coefficient (Wildman–Crippen LogP) is 11.3. The fraction of sp³-hybridized carbons (Fsp3) is 0.345. The van der Waals surface area contributed by atoms with Gasteiger partial charge in [-0.2, -0.15) is 0 Å². The Kier molecular flexibility index (Phi) is 21.1. The molecule has 6 aromatic carbocycles. The van der Waals surface area contributed by atoms with Crippen LogP contribution in [0.15, 0.2) is 175 Å². The number of aliphatic hydroxyl groups is 2. The molecule has 15 heteroatoms. The van der Waals surface area contributed by atoms with Crippen LogP contribution in [0.2, 0.25) is 0 Å². The van der Waals surface area contributed by atoms with Crippen LogP contribution in [0.1, 0.15) is 20.8 Å². The summed E-state index contributed by atoms with van der Waals surface area (Å²) in [6, 6.07) is 52.3.